The number of anilines is 2. The predicted octanol–water partition coefficient (Wildman–Crippen LogP) is 4.34. The Balaban J connectivity index is 1.65. The van der Waals surface area contributed by atoms with Crippen LogP contribution in [0.1, 0.15) is 43.4 Å². The third kappa shape index (κ3) is 4.05. The molecule has 0 bridgehead atoms. The van der Waals surface area contributed by atoms with Crippen LogP contribution in [-0.2, 0) is 6.61 Å². The van der Waals surface area contributed by atoms with E-state index in [0.29, 0.717) is 0 Å². The van der Waals surface area contributed by atoms with Crippen molar-refractivity contribution in [1.29, 1.82) is 0 Å². The average Bonchev–Trinajstić information content (AvgIpc) is 2.63. The van der Waals surface area contributed by atoms with E-state index in [1.165, 1.54) is 43.6 Å². The number of benzene rings is 2. The van der Waals surface area contributed by atoms with Crippen LogP contribution in [0.3, 0.4) is 0 Å². The summed E-state index contributed by atoms with van der Waals surface area (Å²) in [6.07, 6.45) is 3.97. The van der Waals surface area contributed by atoms with Crippen molar-refractivity contribution in [3.8, 4) is 0 Å². The molecule has 3 rings (SSSR count). The first-order chi connectivity index (χ1) is 11.3. The fourth-order valence-corrected chi connectivity index (χ4v) is 3.21. The molecule has 0 spiro atoms. The molecule has 2 N–H and O–H groups in total. The lowest BCUT2D eigenvalue weighted by Gasteiger charge is -2.29. The molecule has 0 saturated carbocycles. The van der Waals surface area contributed by atoms with Gasteiger partial charge in [0.05, 0.1) is 6.61 Å². The SMILES string of the molecule is CC(Nc1ccc(N2CCCCC2)cc1)c1cccc(CO)c1. The van der Waals surface area contributed by atoms with E-state index in [-0.39, 0.29) is 12.6 Å². The first-order valence-electron chi connectivity index (χ1n) is 8.57. The molecule has 1 saturated heterocycles. The summed E-state index contributed by atoms with van der Waals surface area (Å²) in [5.74, 6) is 0. The van der Waals surface area contributed by atoms with Crippen molar-refractivity contribution >= 4 is 11.4 Å². The van der Waals surface area contributed by atoms with Gasteiger partial charge in [0.1, 0.15) is 0 Å². The zero-order valence-electron chi connectivity index (χ0n) is 13.8. The lowest BCUT2D eigenvalue weighted by atomic mass is 10.0. The Labute approximate surface area is 139 Å². The summed E-state index contributed by atoms with van der Waals surface area (Å²) in [4.78, 5) is 2.47. The third-order valence-electron chi connectivity index (χ3n) is 4.61. The minimum absolute atomic E-state index is 0.0884. The van der Waals surface area contributed by atoms with Crippen LogP contribution in [0, 0.1) is 0 Å². The van der Waals surface area contributed by atoms with Crippen molar-refractivity contribution in [3.63, 3.8) is 0 Å². The molecule has 1 heterocycles. The average molecular weight is 310 g/mol. The molecule has 3 nitrogen and oxygen atoms in total. The summed E-state index contributed by atoms with van der Waals surface area (Å²) in [6, 6.07) is 17.1. The Bertz CT molecular complexity index is 618. The highest BCUT2D eigenvalue weighted by Gasteiger charge is 2.11. The number of nitrogens with one attached hydrogen (secondary N) is 1. The Morgan fingerprint density at radius 1 is 1.04 bits per heavy atom. The van der Waals surface area contributed by atoms with Crippen LogP contribution in [0.4, 0.5) is 11.4 Å². The van der Waals surface area contributed by atoms with Crippen molar-refractivity contribution in [2.75, 3.05) is 23.3 Å². The highest BCUT2D eigenvalue weighted by molar-refractivity contribution is 5.56. The standard InChI is InChI=1S/C20H26N2O/c1-16(18-7-5-6-17(14-18)15-23)21-19-8-10-20(11-9-19)22-12-3-2-4-13-22/h5-11,14,16,21,23H,2-4,12-13,15H2,1H3. The van der Waals surface area contributed by atoms with Crippen molar-refractivity contribution in [1.82, 2.24) is 0 Å². The van der Waals surface area contributed by atoms with Gasteiger partial charge in [0.15, 0.2) is 0 Å². The van der Waals surface area contributed by atoms with E-state index in [4.69, 9.17) is 0 Å². The normalized spacial score (nSPS) is 16.2. The summed E-state index contributed by atoms with van der Waals surface area (Å²) in [5.41, 5.74) is 4.60. The van der Waals surface area contributed by atoms with Crippen LogP contribution in [0.5, 0.6) is 0 Å². The van der Waals surface area contributed by atoms with Crippen molar-refractivity contribution in [3.05, 3.63) is 59.7 Å². The lowest BCUT2D eigenvalue weighted by molar-refractivity contribution is 0.281. The van der Waals surface area contributed by atoms with E-state index in [1.807, 2.05) is 12.1 Å². The van der Waals surface area contributed by atoms with Gasteiger partial charge in [-0.25, -0.2) is 0 Å². The Kier molecular flexibility index (Phi) is 5.19. The molecule has 2 aromatic carbocycles. The van der Waals surface area contributed by atoms with Gasteiger partial charge in [0.25, 0.3) is 0 Å². The van der Waals surface area contributed by atoms with Gasteiger partial charge >= 0.3 is 0 Å². The van der Waals surface area contributed by atoms with Crippen LogP contribution in [0.25, 0.3) is 0 Å². The zero-order chi connectivity index (χ0) is 16.1. The van der Waals surface area contributed by atoms with E-state index in [2.05, 4.69) is 53.5 Å². The number of rotatable bonds is 5. The van der Waals surface area contributed by atoms with E-state index in [1.54, 1.807) is 0 Å². The maximum Gasteiger partial charge on any atom is 0.0681 e. The van der Waals surface area contributed by atoms with E-state index in [0.717, 1.165) is 11.3 Å². The van der Waals surface area contributed by atoms with Crippen LogP contribution >= 0.6 is 0 Å². The van der Waals surface area contributed by atoms with Gasteiger partial charge in [0.2, 0.25) is 0 Å². The summed E-state index contributed by atoms with van der Waals surface area (Å²) in [5, 5.41) is 12.8. The van der Waals surface area contributed by atoms with Crippen LogP contribution in [-0.4, -0.2) is 18.2 Å². The minimum atomic E-state index is 0.0884. The van der Waals surface area contributed by atoms with Gasteiger partial charge in [-0.1, -0.05) is 24.3 Å². The molecular weight excluding hydrogens is 284 g/mol. The van der Waals surface area contributed by atoms with Gasteiger partial charge in [-0.15, -0.1) is 0 Å². The molecule has 1 aliphatic rings. The molecule has 122 valence electrons. The highest BCUT2D eigenvalue weighted by atomic mass is 16.3. The maximum atomic E-state index is 9.26. The zero-order valence-corrected chi connectivity index (χ0v) is 13.8. The van der Waals surface area contributed by atoms with Crippen LogP contribution < -0.4 is 10.2 Å². The van der Waals surface area contributed by atoms with E-state index in [9.17, 15) is 5.11 Å². The summed E-state index contributed by atoms with van der Waals surface area (Å²) >= 11 is 0. The molecule has 0 aromatic heterocycles. The van der Waals surface area contributed by atoms with Gasteiger partial charge in [0, 0.05) is 30.5 Å². The number of aliphatic hydroxyl groups is 1. The molecular formula is C20H26N2O. The smallest absolute Gasteiger partial charge is 0.0681 e. The van der Waals surface area contributed by atoms with Gasteiger partial charge in [-0.3, -0.25) is 0 Å². The molecule has 1 atom stereocenters. The fourth-order valence-electron chi connectivity index (χ4n) is 3.21. The Morgan fingerprint density at radius 2 is 1.78 bits per heavy atom. The highest BCUT2D eigenvalue weighted by Crippen LogP contribution is 2.24. The molecule has 0 aliphatic carbocycles. The second-order valence-electron chi connectivity index (χ2n) is 6.36. The summed E-state index contributed by atoms with van der Waals surface area (Å²) < 4.78 is 0. The monoisotopic (exact) mass is 310 g/mol. The third-order valence-corrected chi connectivity index (χ3v) is 4.61. The quantitative estimate of drug-likeness (QED) is 0.862. The van der Waals surface area contributed by atoms with Crippen LogP contribution in [0.2, 0.25) is 0 Å². The predicted molar refractivity (Wildman–Crippen MR) is 96.9 cm³/mol. The molecule has 3 heteroatoms. The molecule has 1 fully saturated rings. The number of hydrogen-bond acceptors (Lipinski definition) is 3. The van der Waals surface area contributed by atoms with E-state index >= 15 is 0 Å². The first kappa shape index (κ1) is 15.9. The lowest BCUT2D eigenvalue weighted by Crippen LogP contribution is -2.29. The van der Waals surface area contributed by atoms with Gasteiger partial charge < -0.3 is 15.3 Å². The first-order valence-corrected chi connectivity index (χ1v) is 8.57. The molecule has 0 radical (unpaired) electrons. The number of hydrogen-bond donors (Lipinski definition) is 2. The fraction of sp³-hybridized carbons (Fsp3) is 0.400. The maximum absolute atomic E-state index is 9.26. The molecule has 0 amide bonds. The number of piperidine rings is 1. The van der Waals surface area contributed by atoms with Crippen molar-refractivity contribution in [2.45, 2.75) is 38.8 Å². The topological polar surface area (TPSA) is 35.5 Å². The number of nitrogens with zero attached hydrogens (tertiary/aromatic N) is 1. The van der Waals surface area contributed by atoms with Gasteiger partial charge in [-0.05, 0) is 61.6 Å². The second-order valence-corrected chi connectivity index (χ2v) is 6.36. The molecule has 1 unspecified atom stereocenters. The van der Waals surface area contributed by atoms with Crippen LogP contribution in [0.15, 0.2) is 48.5 Å². The van der Waals surface area contributed by atoms with Gasteiger partial charge in [-0.2, -0.15) is 0 Å². The Hall–Kier alpha value is -2.00. The molecule has 23 heavy (non-hydrogen) atoms. The second kappa shape index (κ2) is 7.51. The molecule has 2 aromatic rings. The number of aliphatic hydroxyl groups excluding tert-OH is 1. The molecule has 1 aliphatic heterocycles. The largest absolute Gasteiger partial charge is 0.392 e. The van der Waals surface area contributed by atoms with Crippen molar-refractivity contribution < 1.29 is 5.11 Å². The Morgan fingerprint density at radius 3 is 2.48 bits per heavy atom. The minimum Gasteiger partial charge on any atom is -0.392 e. The summed E-state index contributed by atoms with van der Waals surface area (Å²) in [7, 11) is 0. The van der Waals surface area contributed by atoms with Crippen molar-refractivity contribution in [2.24, 2.45) is 0 Å². The van der Waals surface area contributed by atoms with E-state index < -0.39 is 0 Å². The summed E-state index contributed by atoms with van der Waals surface area (Å²) in [6.45, 7) is 4.59.